The third-order valence-electron chi connectivity index (χ3n) is 2.59. The first-order valence-electron chi connectivity index (χ1n) is 5.91. The van der Waals surface area contributed by atoms with E-state index in [4.69, 9.17) is 9.68 Å². The molecule has 0 spiro atoms. The Labute approximate surface area is 111 Å². The Morgan fingerprint density at radius 1 is 1.21 bits per heavy atom. The SMILES string of the molecule is CC(C)(C#N)NC(=O)c1ccc(-c2ccccc2)o1. The summed E-state index contributed by atoms with van der Waals surface area (Å²) in [6.07, 6.45) is 0. The van der Waals surface area contributed by atoms with Crippen molar-refractivity contribution in [2.45, 2.75) is 19.4 Å². The zero-order valence-corrected chi connectivity index (χ0v) is 10.8. The Kier molecular flexibility index (Phi) is 3.39. The molecule has 1 amide bonds. The number of nitrogens with zero attached hydrogens (tertiary/aromatic N) is 1. The maximum absolute atomic E-state index is 11.9. The number of carbonyl (C=O) groups is 1. The summed E-state index contributed by atoms with van der Waals surface area (Å²) < 4.78 is 5.50. The number of hydrogen-bond donors (Lipinski definition) is 1. The number of nitrogens with one attached hydrogen (secondary N) is 1. The Balaban J connectivity index is 2.19. The standard InChI is InChI=1S/C15H14N2O2/c1-15(2,10-16)17-14(18)13-9-8-12(19-13)11-6-4-3-5-7-11/h3-9H,1-2H3,(H,17,18). The zero-order chi connectivity index (χ0) is 13.9. The van der Waals surface area contributed by atoms with E-state index in [9.17, 15) is 4.79 Å². The number of furan rings is 1. The van der Waals surface area contributed by atoms with E-state index < -0.39 is 11.4 Å². The molecule has 4 heteroatoms. The quantitative estimate of drug-likeness (QED) is 0.915. The number of rotatable bonds is 3. The second-order valence-corrected chi connectivity index (χ2v) is 4.72. The van der Waals surface area contributed by atoms with E-state index in [1.807, 2.05) is 36.4 Å². The number of nitriles is 1. The highest BCUT2D eigenvalue weighted by molar-refractivity contribution is 5.92. The zero-order valence-electron chi connectivity index (χ0n) is 10.8. The minimum atomic E-state index is -0.920. The van der Waals surface area contributed by atoms with Crippen molar-refractivity contribution in [1.29, 1.82) is 5.26 Å². The lowest BCUT2D eigenvalue weighted by Crippen LogP contribution is -2.41. The molecule has 0 aliphatic heterocycles. The smallest absolute Gasteiger partial charge is 0.288 e. The van der Waals surface area contributed by atoms with E-state index in [2.05, 4.69) is 5.32 Å². The molecule has 0 unspecified atom stereocenters. The van der Waals surface area contributed by atoms with Gasteiger partial charge in [-0.25, -0.2) is 0 Å². The Bertz CT molecular complexity index is 621. The molecule has 0 radical (unpaired) electrons. The largest absolute Gasteiger partial charge is 0.451 e. The summed E-state index contributed by atoms with van der Waals surface area (Å²) in [4.78, 5) is 11.9. The first-order chi connectivity index (χ1) is 9.02. The fourth-order valence-electron chi connectivity index (χ4n) is 1.59. The molecule has 0 aliphatic rings. The van der Waals surface area contributed by atoms with Gasteiger partial charge in [0.1, 0.15) is 11.3 Å². The van der Waals surface area contributed by atoms with Crippen LogP contribution in [0.1, 0.15) is 24.4 Å². The summed E-state index contributed by atoms with van der Waals surface area (Å²) in [5, 5.41) is 11.5. The second-order valence-electron chi connectivity index (χ2n) is 4.72. The molecule has 0 saturated heterocycles. The third-order valence-corrected chi connectivity index (χ3v) is 2.59. The lowest BCUT2D eigenvalue weighted by Gasteiger charge is -2.16. The molecule has 2 aromatic rings. The van der Waals surface area contributed by atoms with Crippen molar-refractivity contribution in [2.24, 2.45) is 0 Å². The fraction of sp³-hybridized carbons (Fsp3) is 0.200. The number of carbonyl (C=O) groups excluding carboxylic acids is 1. The molecule has 0 bridgehead atoms. The van der Waals surface area contributed by atoms with Crippen molar-refractivity contribution in [3.05, 3.63) is 48.2 Å². The monoisotopic (exact) mass is 254 g/mol. The molecule has 1 aromatic carbocycles. The average molecular weight is 254 g/mol. The highest BCUT2D eigenvalue weighted by Gasteiger charge is 2.22. The van der Waals surface area contributed by atoms with Crippen LogP contribution in [0.3, 0.4) is 0 Å². The average Bonchev–Trinajstić information content (AvgIpc) is 2.89. The van der Waals surface area contributed by atoms with Gasteiger partial charge in [0.25, 0.3) is 5.91 Å². The summed E-state index contributed by atoms with van der Waals surface area (Å²) >= 11 is 0. The third kappa shape index (κ3) is 3.02. The minimum absolute atomic E-state index is 0.196. The number of amides is 1. The van der Waals surface area contributed by atoms with Crippen molar-refractivity contribution in [1.82, 2.24) is 5.32 Å². The van der Waals surface area contributed by atoms with E-state index >= 15 is 0 Å². The van der Waals surface area contributed by atoms with E-state index in [0.29, 0.717) is 5.76 Å². The van der Waals surface area contributed by atoms with Crippen LogP contribution in [-0.2, 0) is 0 Å². The van der Waals surface area contributed by atoms with Crippen molar-refractivity contribution >= 4 is 5.91 Å². The van der Waals surface area contributed by atoms with Gasteiger partial charge < -0.3 is 9.73 Å². The van der Waals surface area contributed by atoms with Crippen LogP contribution < -0.4 is 5.32 Å². The van der Waals surface area contributed by atoms with Crippen molar-refractivity contribution < 1.29 is 9.21 Å². The summed E-state index contributed by atoms with van der Waals surface area (Å²) in [5.41, 5.74) is -0.0161. The van der Waals surface area contributed by atoms with Gasteiger partial charge in [-0.05, 0) is 26.0 Å². The maximum atomic E-state index is 11.9. The lowest BCUT2D eigenvalue weighted by molar-refractivity contribution is 0.0902. The lowest BCUT2D eigenvalue weighted by atomic mass is 10.1. The second kappa shape index (κ2) is 4.99. The molecule has 0 fully saturated rings. The molecule has 0 atom stereocenters. The van der Waals surface area contributed by atoms with Gasteiger partial charge in [-0.1, -0.05) is 30.3 Å². The molecule has 4 nitrogen and oxygen atoms in total. The van der Waals surface area contributed by atoms with Gasteiger partial charge in [0.2, 0.25) is 0 Å². The summed E-state index contributed by atoms with van der Waals surface area (Å²) in [6, 6.07) is 14.9. The van der Waals surface area contributed by atoms with Gasteiger partial charge in [0.15, 0.2) is 5.76 Å². The van der Waals surface area contributed by atoms with Crippen molar-refractivity contribution in [2.75, 3.05) is 0 Å². The molecule has 0 aliphatic carbocycles. The van der Waals surface area contributed by atoms with Crippen molar-refractivity contribution in [3.63, 3.8) is 0 Å². The van der Waals surface area contributed by atoms with Crippen molar-refractivity contribution in [3.8, 4) is 17.4 Å². The van der Waals surface area contributed by atoms with Gasteiger partial charge >= 0.3 is 0 Å². The molecule has 1 N–H and O–H groups in total. The first-order valence-corrected chi connectivity index (χ1v) is 5.91. The highest BCUT2D eigenvalue weighted by Crippen LogP contribution is 2.21. The van der Waals surface area contributed by atoms with Crippen LogP contribution >= 0.6 is 0 Å². The molecule has 1 heterocycles. The minimum Gasteiger partial charge on any atom is -0.451 e. The number of hydrogen-bond acceptors (Lipinski definition) is 3. The Morgan fingerprint density at radius 2 is 1.89 bits per heavy atom. The summed E-state index contributed by atoms with van der Waals surface area (Å²) in [5.74, 6) is 0.427. The van der Waals surface area contributed by atoms with E-state index in [1.54, 1.807) is 26.0 Å². The van der Waals surface area contributed by atoms with Crippen LogP contribution in [0.4, 0.5) is 0 Å². The molecule has 1 aromatic heterocycles. The molecular weight excluding hydrogens is 240 g/mol. The summed E-state index contributed by atoms with van der Waals surface area (Å²) in [6.45, 7) is 3.26. The maximum Gasteiger partial charge on any atom is 0.288 e. The van der Waals surface area contributed by atoms with Gasteiger partial charge in [0, 0.05) is 5.56 Å². The molecule has 96 valence electrons. The van der Waals surface area contributed by atoms with Crippen LogP contribution in [0.5, 0.6) is 0 Å². The molecule has 19 heavy (non-hydrogen) atoms. The van der Waals surface area contributed by atoms with E-state index in [-0.39, 0.29) is 5.76 Å². The first kappa shape index (κ1) is 12.9. The molecule has 0 saturated carbocycles. The normalized spacial score (nSPS) is 10.8. The van der Waals surface area contributed by atoms with Crippen LogP contribution in [0.2, 0.25) is 0 Å². The van der Waals surface area contributed by atoms with Crippen LogP contribution in [0.15, 0.2) is 46.9 Å². The Hall–Kier alpha value is -2.54. The fourth-order valence-corrected chi connectivity index (χ4v) is 1.59. The van der Waals surface area contributed by atoms with E-state index in [0.717, 1.165) is 5.56 Å². The van der Waals surface area contributed by atoms with E-state index in [1.165, 1.54) is 0 Å². The predicted octanol–water partition coefficient (Wildman–Crippen LogP) is 2.98. The topological polar surface area (TPSA) is 66.0 Å². The van der Waals surface area contributed by atoms with Gasteiger partial charge in [-0.3, -0.25) is 4.79 Å². The summed E-state index contributed by atoms with van der Waals surface area (Å²) in [7, 11) is 0. The van der Waals surface area contributed by atoms with Gasteiger partial charge in [-0.15, -0.1) is 0 Å². The van der Waals surface area contributed by atoms with Crippen LogP contribution in [0, 0.1) is 11.3 Å². The molecular formula is C15H14N2O2. The number of benzene rings is 1. The predicted molar refractivity (Wildman–Crippen MR) is 71.3 cm³/mol. The highest BCUT2D eigenvalue weighted by atomic mass is 16.3. The van der Waals surface area contributed by atoms with Gasteiger partial charge in [-0.2, -0.15) is 5.26 Å². The Morgan fingerprint density at radius 3 is 2.53 bits per heavy atom. The molecule has 2 rings (SSSR count). The van der Waals surface area contributed by atoms with Crippen LogP contribution in [0.25, 0.3) is 11.3 Å². The van der Waals surface area contributed by atoms with Crippen LogP contribution in [-0.4, -0.2) is 11.4 Å². The van der Waals surface area contributed by atoms with Gasteiger partial charge in [0.05, 0.1) is 6.07 Å².